The lowest BCUT2D eigenvalue weighted by molar-refractivity contribution is 1.18. The molecule has 0 spiro atoms. The van der Waals surface area contributed by atoms with Crippen LogP contribution in [0.25, 0.3) is 4.85 Å². The first kappa shape index (κ1) is 7.52. The molecule has 0 atom stereocenters. The van der Waals surface area contributed by atoms with Crippen LogP contribution in [-0.2, 0) is 0 Å². The molecule has 0 saturated heterocycles. The van der Waals surface area contributed by atoms with E-state index in [0.29, 0.717) is 5.82 Å². The molecule has 0 aromatic carbocycles. The lowest BCUT2D eigenvalue weighted by Crippen LogP contribution is -1.81. The highest BCUT2D eigenvalue weighted by molar-refractivity contribution is 7.85. The molecule has 0 saturated carbocycles. The second kappa shape index (κ2) is 3.55. The summed E-state index contributed by atoms with van der Waals surface area (Å²) in [6.07, 6.45) is 2.71. The lowest BCUT2D eigenvalue weighted by Gasteiger charge is -1.76. The standard InChI is InChI=1S/C6H2N4S/c7-1-5-2-9-6(3-8-5)10-4-11/h2-3H/p+1. The van der Waals surface area contributed by atoms with E-state index < -0.39 is 0 Å². The molecule has 52 valence electrons. The van der Waals surface area contributed by atoms with Gasteiger partial charge in [0, 0.05) is 0 Å². The van der Waals surface area contributed by atoms with E-state index in [2.05, 4.69) is 32.8 Å². The third kappa shape index (κ3) is 1.92. The van der Waals surface area contributed by atoms with Crippen LogP contribution in [0.3, 0.4) is 0 Å². The largest absolute Gasteiger partial charge is 0.445 e. The molecule has 0 aliphatic rings. The van der Waals surface area contributed by atoms with Crippen LogP contribution in [0.4, 0.5) is 5.82 Å². The molecule has 1 aromatic rings. The smallest absolute Gasteiger partial charge is 0.232 e. The van der Waals surface area contributed by atoms with Crippen LogP contribution in [0.15, 0.2) is 12.4 Å². The number of hydrogen-bond donors (Lipinski definition) is 1. The maximum atomic E-state index is 8.34. The molecular formula is C6H3N4S+. The number of thiocyanates is 1. The highest BCUT2D eigenvalue weighted by atomic mass is 32.1. The van der Waals surface area contributed by atoms with Gasteiger partial charge in [-0.05, 0) is 17.6 Å². The van der Waals surface area contributed by atoms with Gasteiger partial charge in [0.05, 0.1) is 0 Å². The maximum absolute atomic E-state index is 8.34. The van der Waals surface area contributed by atoms with Crippen molar-refractivity contribution in [2.24, 2.45) is 0 Å². The third-order valence-corrected chi connectivity index (χ3v) is 1.02. The molecule has 1 heterocycles. The molecule has 4 nitrogen and oxygen atoms in total. The van der Waals surface area contributed by atoms with Crippen molar-refractivity contribution in [2.75, 3.05) is 0 Å². The van der Waals surface area contributed by atoms with Crippen LogP contribution >= 0.6 is 12.6 Å². The van der Waals surface area contributed by atoms with E-state index in [0.717, 1.165) is 0 Å². The molecule has 0 radical (unpaired) electrons. The Hall–Kier alpha value is -1.59. The monoisotopic (exact) mass is 163 g/mol. The number of hydrogen-bond acceptors (Lipinski definition) is 4. The van der Waals surface area contributed by atoms with Crippen molar-refractivity contribution in [3.8, 4) is 11.5 Å². The van der Waals surface area contributed by atoms with Crippen LogP contribution in [0.5, 0.6) is 0 Å². The Morgan fingerprint density at radius 1 is 1.45 bits per heavy atom. The molecule has 0 bridgehead atoms. The second-order valence-electron chi connectivity index (χ2n) is 1.58. The van der Waals surface area contributed by atoms with Crippen LogP contribution in [0.1, 0.15) is 5.69 Å². The lowest BCUT2D eigenvalue weighted by atomic mass is 10.5. The van der Waals surface area contributed by atoms with E-state index in [1.807, 2.05) is 6.07 Å². The van der Waals surface area contributed by atoms with E-state index in [9.17, 15) is 0 Å². The van der Waals surface area contributed by atoms with Crippen molar-refractivity contribution >= 4 is 18.4 Å². The minimum absolute atomic E-state index is 0.267. The summed E-state index contributed by atoms with van der Waals surface area (Å²) >= 11 is 3.63. The third-order valence-electron chi connectivity index (χ3n) is 0.917. The van der Waals surface area contributed by atoms with Crippen LogP contribution in [-0.4, -0.2) is 9.97 Å². The maximum Gasteiger partial charge on any atom is 0.445 e. The Kier molecular flexibility index (Phi) is 2.42. The van der Waals surface area contributed by atoms with E-state index in [-0.39, 0.29) is 5.69 Å². The van der Waals surface area contributed by atoms with Gasteiger partial charge in [0.1, 0.15) is 12.3 Å². The van der Waals surface area contributed by atoms with Gasteiger partial charge < -0.3 is 0 Å². The highest BCUT2D eigenvalue weighted by Crippen LogP contribution is 2.03. The zero-order valence-corrected chi connectivity index (χ0v) is 6.29. The van der Waals surface area contributed by atoms with Crippen molar-refractivity contribution in [2.45, 2.75) is 0 Å². The Morgan fingerprint density at radius 2 is 2.27 bits per heavy atom. The van der Waals surface area contributed by atoms with Gasteiger partial charge in [-0.15, -0.1) is 4.85 Å². The van der Waals surface area contributed by atoms with Crippen molar-refractivity contribution in [1.29, 1.82) is 5.26 Å². The van der Waals surface area contributed by atoms with Crippen molar-refractivity contribution < 1.29 is 0 Å². The van der Waals surface area contributed by atoms with E-state index in [4.69, 9.17) is 5.26 Å². The van der Waals surface area contributed by atoms with Crippen molar-refractivity contribution in [3.05, 3.63) is 22.9 Å². The van der Waals surface area contributed by atoms with Crippen LogP contribution in [0.2, 0.25) is 0 Å². The molecule has 1 aromatic heterocycles. The van der Waals surface area contributed by atoms with Gasteiger partial charge in [-0.1, -0.05) is 0 Å². The molecule has 0 fully saturated rings. The van der Waals surface area contributed by atoms with Crippen molar-refractivity contribution in [1.82, 2.24) is 9.97 Å². The Bertz CT molecular complexity index is 340. The van der Waals surface area contributed by atoms with Gasteiger partial charge in [-0.3, -0.25) is 0 Å². The number of rotatable bonds is 0. The Labute approximate surface area is 68.8 Å². The number of nitrogens with zero attached hydrogens (tertiary/aromatic N) is 4. The molecule has 1 rings (SSSR count). The highest BCUT2D eigenvalue weighted by Gasteiger charge is 2.02. The fourth-order valence-corrected chi connectivity index (χ4v) is 0.590. The van der Waals surface area contributed by atoms with Gasteiger partial charge in [-0.25, -0.2) is 4.98 Å². The van der Waals surface area contributed by atoms with Crippen LogP contribution < -0.4 is 0 Å². The zero-order chi connectivity index (χ0) is 8.10. The van der Waals surface area contributed by atoms with E-state index in [1.165, 1.54) is 12.4 Å². The summed E-state index contributed by atoms with van der Waals surface area (Å²) in [5.74, 6) is 0.388. The van der Waals surface area contributed by atoms with Crippen LogP contribution in [0, 0.1) is 16.7 Å². The van der Waals surface area contributed by atoms with Gasteiger partial charge in [0.15, 0.2) is 11.9 Å². The van der Waals surface area contributed by atoms with E-state index >= 15 is 0 Å². The zero-order valence-electron chi connectivity index (χ0n) is 5.39. The molecule has 11 heavy (non-hydrogen) atoms. The molecule has 0 aliphatic heterocycles. The topological polar surface area (TPSA) is 53.9 Å². The van der Waals surface area contributed by atoms with Gasteiger partial charge in [-0.2, -0.15) is 5.26 Å². The summed E-state index contributed by atoms with van der Waals surface area (Å²) in [5, 5.41) is 10.6. The predicted octanol–water partition coefficient (Wildman–Crippen LogP) is 1.20. The quantitative estimate of drug-likeness (QED) is 0.462. The fraction of sp³-hybridized carbons (Fsp3) is 0. The SMILES string of the molecule is N#Cc1cnc([N+]#CS)cn1. The number of nitriles is 1. The average molecular weight is 163 g/mol. The Balaban J connectivity index is 3.00. The number of thiol groups is 1. The van der Waals surface area contributed by atoms with E-state index in [1.54, 1.807) is 0 Å². The normalized spacial score (nSPS) is 7.64. The van der Waals surface area contributed by atoms with Crippen molar-refractivity contribution in [3.63, 3.8) is 0 Å². The average Bonchev–Trinajstić information content (AvgIpc) is 2.07. The predicted molar refractivity (Wildman–Crippen MR) is 42.6 cm³/mol. The summed E-state index contributed by atoms with van der Waals surface area (Å²) in [6, 6.07) is 1.84. The van der Waals surface area contributed by atoms with Gasteiger partial charge in [0.2, 0.25) is 5.40 Å². The number of aromatic nitrogens is 2. The fourth-order valence-electron chi connectivity index (χ4n) is 0.488. The summed E-state index contributed by atoms with van der Waals surface area (Å²) in [4.78, 5) is 11.1. The molecule has 0 aliphatic carbocycles. The minimum Gasteiger partial charge on any atom is -0.232 e. The summed E-state index contributed by atoms with van der Waals surface area (Å²) in [7, 11) is 0. The first-order valence-corrected chi connectivity index (χ1v) is 3.13. The summed E-state index contributed by atoms with van der Waals surface area (Å²) in [6.45, 7) is 0. The molecular weight excluding hydrogens is 160 g/mol. The second-order valence-corrected chi connectivity index (χ2v) is 1.78. The van der Waals surface area contributed by atoms with Gasteiger partial charge in [0.25, 0.3) is 0 Å². The summed E-state index contributed by atoms with van der Waals surface area (Å²) in [5.41, 5.74) is 0.267. The molecule has 0 amide bonds. The first-order valence-electron chi connectivity index (χ1n) is 2.69. The summed E-state index contributed by atoms with van der Waals surface area (Å²) < 4.78 is 0. The molecule has 5 heteroatoms. The van der Waals surface area contributed by atoms with Gasteiger partial charge >= 0.3 is 5.82 Å². The molecule has 0 N–H and O–H groups in total. The first-order chi connectivity index (χ1) is 5.36. The minimum atomic E-state index is 0.267. The Morgan fingerprint density at radius 3 is 2.73 bits per heavy atom. The molecule has 0 unspecified atom stereocenters.